The number of carbonyl (C=O) groups excluding carboxylic acids is 1. The van der Waals surface area contributed by atoms with E-state index >= 15 is 0 Å². The highest BCUT2D eigenvalue weighted by Gasteiger charge is 2.40. The molecule has 1 amide bonds. The third-order valence-electron chi connectivity index (χ3n) is 5.28. The van der Waals surface area contributed by atoms with E-state index in [2.05, 4.69) is 4.98 Å². The lowest BCUT2D eigenvalue weighted by atomic mass is 9.86. The van der Waals surface area contributed by atoms with Crippen LogP contribution >= 0.6 is 0 Å². The molecule has 0 N–H and O–H groups in total. The maximum atomic E-state index is 12.5. The lowest BCUT2D eigenvalue weighted by Gasteiger charge is -2.24. The summed E-state index contributed by atoms with van der Waals surface area (Å²) in [6, 6.07) is 0. The Labute approximate surface area is 133 Å². The smallest absolute Gasteiger partial charge is 0.338 e. The van der Waals surface area contributed by atoms with Crippen molar-refractivity contribution in [3.63, 3.8) is 0 Å². The van der Waals surface area contributed by atoms with Gasteiger partial charge in [0.1, 0.15) is 12.4 Å². The summed E-state index contributed by atoms with van der Waals surface area (Å²) in [5, 5.41) is 0. The van der Waals surface area contributed by atoms with Crippen LogP contribution in [0.25, 0.3) is 0 Å². The van der Waals surface area contributed by atoms with Crippen LogP contribution in [0.5, 0.6) is 0 Å². The standard InChI is InChI=1S/C16H22F3N3O/c1-21(9-14-20-4-5-22(14)10-16(17,18)19)15(23)8-13-7-11-2-3-12(13)6-11/h4-5,11-13H,2-3,6-10H2,1H3/t11-,12-,13+/m0/s1. The summed E-state index contributed by atoms with van der Waals surface area (Å²) >= 11 is 0. The van der Waals surface area contributed by atoms with E-state index in [4.69, 9.17) is 0 Å². The van der Waals surface area contributed by atoms with Crippen LogP contribution in [0.1, 0.15) is 37.9 Å². The van der Waals surface area contributed by atoms with Crippen LogP contribution in [0.15, 0.2) is 12.4 Å². The van der Waals surface area contributed by atoms with E-state index < -0.39 is 12.7 Å². The topological polar surface area (TPSA) is 38.1 Å². The van der Waals surface area contributed by atoms with E-state index in [9.17, 15) is 18.0 Å². The first-order chi connectivity index (χ1) is 10.8. The van der Waals surface area contributed by atoms with Gasteiger partial charge in [-0.25, -0.2) is 4.98 Å². The third-order valence-corrected chi connectivity index (χ3v) is 5.28. The number of alkyl halides is 3. The van der Waals surface area contributed by atoms with Crippen LogP contribution in [0.4, 0.5) is 13.2 Å². The van der Waals surface area contributed by atoms with Crippen LogP contribution in [0, 0.1) is 17.8 Å². The minimum atomic E-state index is -4.29. The fourth-order valence-corrected chi connectivity index (χ4v) is 4.14. The van der Waals surface area contributed by atoms with E-state index in [0.29, 0.717) is 18.3 Å². The zero-order valence-corrected chi connectivity index (χ0v) is 13.2. The average molecular weight is 329 g/mol. The summed E-state index contributed by atoms with van der Waals surface area (Å²) in [5.41, 5.74) is 0. The van der Waals surface area contributed by atoms with E-state index in [1.54, 1.807) is 7.05 Å². The molecule has 0 radical (unpaired) electrons. The van der Waals surface area contributed by atoms with E-state index in [-0.39, 0.29) is 18.3 Å². The number of rotatable bonds is 5. The van der Waals surface area contributed by atoms with Crippen molar-refractivity contribution in [3.8, 4) is 0 Å². The van der Waals surface area contributed by atoms with E-state index in [0.717, 1.165) is 16.9 Å². The van der Waals surface area contributed by atoms with Crippen LogP contribution in [0.2, 0.25) is 0 Å². The number of carbonyl (C=O) groups is 1. The van der Waals surface area contributed by atoms with Crippen LogP contribution in [0.3, 0.4) is 0 Å². The highest BCUT2D eigenvalue weighted by atomic mass is 19.4. The second-order valence-corrected chi connectivity index (χ2v) is 6.98. The Kier molecular flexibility index (Phi) is 4.38. The normalized spacial score (nSPS) is 26.7. The second-order valence-electron chi connectivity index (χ2n) is 6.98. The summed E-state index contributed by atoms with van der Waals surface area (Å²) in [5.74, 6) is 2.19. The molecule has 2 aliphatic carbocycles. The molecule has 1 aromatic rings. The molecule has 128 valence electrons. The summed E-state index contributed by atoms with van der Waals surface area (Å²) in [4.78, 5) is 17.8. The molecule has 0 saturated heterocycles. The number of imidazole rings is 1. The summed E-state index contributed by atoms with van der Waals surface area (Å²) < 4.78 is 38.6. The van der Waals surface area contributed by atoms with Gasteiger partial charge in [-0.05, 0) is 37.0 Å². The molecule has 0 aromatic carbocycles. The maximum Gasteiger partial charge on any atom is 0.406 e. The largest absolute Gasteiger partial charge is 0.406 e. The Balaban J connectivity index is 1.55. The molecule has 3 atom stereocenters. The molecule has 2 aliphatic rings. The molecule has 7 heteroatoms. The van der Waals surface area contributed by atoms with Crippen LogP contribution in [-0.2, 0) is 17.9 Å². The monoisotopic (exact) mass is 329 g/mol. The van der Waals surface area contributed by atoms with Crippen LogP contribution in [-0.4, -0.2) is 33.6 Å². The van der Waals surface area contributed by atoms with Crippen molar-refractivity contribution in [2.45, 2.75) is 51.4 Å². The van der Waals surface area contributed by atoms with E-state index in [1.807, 2.05) is 0 Å². The maximum absolute atomic E-state index is 12.5. The first-order valence-electron chi connectivity index (χ1n) is 8.12. The molecule has 3 rings (SSSR count). The number of hydrogen-bond acceptors (Lipinski definition) is 2. The fourth-order valence-electron chi connectivity index (χ4n) is 4.14. The van der Waals surface area contributed by atoms with Gasteiger partial charge in [0.25, 0.3) is 0 Å². The number of amides is 1. The van der Waals surface area contributed by atoms with Gasteiger partial charge in [-0.15, -0.1) is 0 Å². The van der Waals surface area contributed by atoms with Gasteiger partial charge < -0.3 is 9.47 Å². The lowest BCUT2D eigenvalue weighted by Crippen LogP contribution is -2.31. The van der Waals surface area contributed by atoms with Gasteiger partial charge in [-0.2, -0.15) is 13.2 Å². The van der Waals surface area contributed by atoms with Gasteiger partial charge in [0, 0.05) is 25.9 Å². The number of halogens is 3. The average Bonchev–Trinajstić information content (AvgIpc) is 3.15. The van der Waals surface area contributed by atoms with Gasteiger partial charge >= 0.3 is 6.18 Å². The Hall–Kier alpha value is -1.53. The molecule has 4 nitrogen and oxygen atoms in total. The van der Waals surface area contributed by atoms with Gasteiger partial charge in [0.15, 0.2) is 0 Å². The first-order valence-corrected chi connectivity index (χ1v) is 8.12. The molecule has 1 aromatic heterocycles. The Bertz CT molecular complexity index is 569. The molecular weight excluding hydrogens is 307 g/mol. The van der Waals surface area contributed by atoms with Crippen LogP contribution < -0.4 is 0 Å². The van der Waals surface area contributed by atoms with Crippen molar-refractivity contribution < 1.29 is 18.0 Å². The minimum absolute atomic E-state index is 0.00380. The van der Waals surface area contributed by atoms with Crippen molar-refractivity contribution >= 4 is 5.91 Å². The number of hydrogen-bond donors (Lipinski definition) is 0. The minimum Gasteiger partial charge on any atom is -0.338 e. The van der Waals surface area contributed by atoms with Gasteiger partial charge in [-0.1, -0.05) is 6.42 Å². The highest BCUT2D eigenvalue weighted by Crippen LogP contribution is 2.49. The molecule has 2 fully saturated rings. The predicted molar refractivity (Wildman–Crippen MR) is 78.3 cm³/mol. The molecule has 1 heterocycles. The molecule has 23 heavy (non-hydrogen) atoms. The second kappa shape index (κ2) is 6.17. The van der Waals surface area contributed by atoms with Crippen molar-refractivity contribution in [1.82, 2.24) is 14.5 Å². The van der Waals surface area contributed by atoms with Crippen molar-refractivity contribution in [2.75, 3.05) is 7.05 Å². The number of aromatic nitrogens is 2. The van der Waals surface area contributed by atoms with Gasteiger partial charge in [0.2, 0.25) is 5.91 Å². The fraction of sp³-hybridized carbons (Fsp3) is 0.750. The number of nitrogens with zero attached hydrogens (tertiary/aromatic N) is 3. The SMILES string of the molecule is CN(Cc1nccn1CC(F)(F)F)C(=O)C[C@H]1C[C@H]2CC[C@H]1C2. The highest BCUT2D eigenvalue weighted by molar-refractivity contribution is 5.76. The number of fused-ring (bicyclic) bond motifs is 2. The predicted octanol–water partition coefficient (Wildman–Crippen LogP) is 3.23. The van der Waals surface area contributed by atoms with Crippen molar-refractivity contribution in [1.29, 1.82) is 0 Å². The Morgan fingerprint density at radius 3 is 2.78 bits per heavy atom. The van der Waals surface area contributed by atoms with Crippen molar-refractivity contribution in [3.05, 3.63) is 18.2 Å². The van der Waals surface area contributed by atoms with E-state index in [1.165, 1.54) is 36.6 Å². The van der Waals surface area contributed by atoms with Gasteiger partial charge in [-0.3, -0.25) is 4.79 Å². The first kappa shape index (κ1) is 16.3. The molecule has 0 spiro atoms. The molecule has 0 aliphatic heterocycles. The summed E-state index contributed by atoms with van der Waals surface area (Å²) in [7, 11) is 1.64. The Morgan fingerprint density at radius 1 is 1.39 bits per heavy atom. The zero-order valence-electron chi connectivity index (χ0n) is 13.2. The quantitative estimate of drug-likeness (QED) is 0.832. The summed E-state index contributed by atoms with van der Waals surface area (Å²) in [6.45, 7) is -0.959. The lowest BCUT2D eigenvalue weighted by molar-refractivity contribution is -0.141. The molecule has 2 saturated carbocycles. The summed E-state index contributed by atoms with van der Waals surface area (Å²) in [6.07, 6.45) is 3.76. The molecular formula is C16H22F3N3O. The zero-order chi connectivity index (χ0) is 16.6. The third kappa shape index (κ3) is 3.87. The van der Waals surface area contributed by atoms with Gasteiger partial charge in [0.05, 0.1) is 6.54 Å². The molecule has 2 bridgehead atoms. The molecule has 0 unspecified atom stereocenters. The van der Waals surface area contributed by atoms with Crippen molar-refractivity contribution in [2.24, 2.45) is 17.8 Å². The Morgan fingerprint density at radius 2 is 2.17 bits per heavy atom.